The first-order valence-electron chi connectivity index (χ1n) is 10.4. The van der Waals surface area contributed by atoms with Gasteiger partial charge >= 0.3 is 0 Å². The van der Waals surface area contributed by atoms with E-state index in [0.29, 0.717) is 24.1 Å². The number of aryl methyl sites for hydroxylation is 2. The van der Waals surface area contributed by atoms with E-state index in [4.69, 9.17) is 0 Å². The maximum atomic E-state index is 13.0. The van der Waals surface area contributed by atoms with Crippen LogP contribution in [0.1, 0.15) is 29.2 Å². The first-order chi connectivity index (χ1) is 15.9. The Morgan fingerprint density at radius 2 is 1.91 bits per heavy atom. The van der Waals surface area contributed by atoms with Crippen molar-refractivity contribution in [1.82, 2.24) is 14.5 Å². The molecule has 33 heavy (non-hydrogen) atoms. The second-order valence-electron chi connectivity index (χ2n) is 7.86. The second-order valence-corrected chi connectivity index (χ2v) is 7.86. The normalized spacial score (nSPS) is 17.5. The van der Waals surface area contributed by atoms with Crippen molar-refractivity contribution in [2.24, 2.45) is 0 Å². The monoisotopic (exact) mass is 446 g/mol. The Morgan fingerprint density at radius 1 is 1.15 bits per heavy atom. The topological polar surface area (TPSA) is 119 Å². The van der Waals surface area contributed by atoms with E-state index in [-0.39, 0.29) is 23.6 Å². The minimum atomic E-state index is -0.936. The molecule has 1 amide bonds. The number of non-ortho nitro benzene ring substituents is 1. The molecule has 1 unspecified atom stereocenters. The van der Waals surface area contributed by atoms with Crippen LogP contribution in [0.25, 0.3) is 5.76 Å². The average molecular weight is 446 g/mol. The highest BCUT2D eigenvalue weighted by Gasteiger charge is 2.46. The van der Waals surface area contributed by atoms with Crippen molar-refractivity contribution >= 4 is 23.1 Å². The van der Waals surface area contributed by atoms with Gasteiger partial charge < -0.3 is 14.6 Å². The van der Waals surface area contributed by atoms with Crippen molar-refractivity contribution in [1.29, 1.82) is 0 Å². The number of ketones is 1. The SMILES string of the molecule is Cc1ccc(C(O)=C2C(=O)C(=O)N(CCCn3ccnc3)C2c2cccc([N+](=O)[O-])c2)cc1. The van der Waals surface area contributed by atoms with Crippen LogP contribution < -0.4 is 0 Å². The van der Waals surface area contributed by atoms with E-state index < -0.39 is 22.7 Å². The van der Waals surface area contributed by atoms with Gasteiger partial charge in [-0.2, -0.15) is 0 Å². The van der Waals surface area contributed by atoms with Gasteiger partial charge in [-0.1, -0.05) is 42.0 Å². The molecule has 0 spiro atoms. The molecular weight excluding hydrogens is 424 g/mol. The predicted molar refractivity (Wildman–Crippen MR) is 120 cm³/mol. The molecule has 168 valence electrons. The van der Waals surface area contributed by atoms with Crippen LogP contribution in [0, 0.1) is 17.0 Å². The highest BCUT2D eigenvalue weighted by molar-refractivity contribution is 6.46. The summed E-state index contributed by atoms with van der Waals surface area (Å²) >= 11 is 0. The summed E-state index contributed by atoms with van der Waals surface area (Å²) in [5.41, 5.74) is 1.52. The molecule has 1 fully saturated rings. The number of nitrogens with zero attached hydrogens (tertiary/aromatic N) is 4. The van der Waals surface area contributed by atoms with Gasteiger partial charge in [-0.05, 0) is 18.9 Å². The van der Waals surface area contributed by atoms with Crippen LogP contribution in [0.3, 0.4) is 0 Å². The first kappa shape index (κ1) is 21.9. The van der Waals surface area contributed by atoms with Gasteiger partial charge in [0.15, 0.2) is 0 Å². The lowest BCUT2D eigenvalue weighted by atomic mass is 9.94. The summed E-state index contributed by atoms with van der Waals surface area (Å²) in [4.78, 5) is 42.2. The van der Waals surface area contributed by atoms with Crippen molar-refractivity contribution in [3.8, 4) is 0 Å². The van der Waals surface area contributed by atoms with E-state index in [1.54, 1.807) is 49.1 Å². The number of amides is 1. The third kappa shape index (κ3) is 4.38. The average Bonchev–Trinajstić information content (AvgIpc) is 3.41. The number of likely N-dealkylation sites (tertiary alicyclic amines) is 1. The number of nitro groups is 1. The molecule has 1 saturated heterocycles. The number of carbonyl (C=O) groups excluding carboxylic acids is 2. The number of carbonyl (C=O) groups is 2. The lowest BCUT2D eigenvalue weighted by Gasteiger charge is -2.25. The first-order valence-corrected chi connectivity index (χ1v) is 10.4. The zero-order chi connectivity index (χ0) is 23.5. The van der Waals surface area contributed by atoms with Gasteiger partial charge in [0.05, 0.1) is 22.9 Å². The summed E-state index contributed by atoms with van der Waals surface area (Å²) in [6, 6.07) is 11.8. The van der Waals surface area contributed by atoms with E-state index >= 15 is 0 Å². The van der Waals surface area contributed by atoms with Crippen LogP contribution in [0.4, 0.5) is 5.69 Å². The summed E-state index contributed by atoms with van der Waals surface area (Å²) in [7, 11) is 0. The molecule has 1 N–H and O–H groups in total. The van der Waals surface area contributed by atoms with Gasteiger partial charge in [-0.25, -0.2) is 4.98 Å². The van der Waals surface area contributed by atoms with Gasteiger partial charge in [0.25, 0.3) is 17.4 Å². The van der Waals surface area contributed by atoms with Crippen LogP contribution >= 0.6 is 0 Å². The minimum Gasteiger partial charge on any atom is -0.507 e. The Morgan fingerprint density at radius 3 is 2.58 bits per heavy atom. The predicted octanol–water partition coefficient (Wildman–Crippen LogP) is 3.61. The van der Waals surface area contributed by atoms with Gasteiger partial charge in [-0.3, -0.25) is 19.7 Å². The number of aromatic nitrogens is 2. The molecule has 2 aromatic carbocycles. The van der Waals surface area contributed by atoms with Gasteiger partial charge in [0.2, 0.25) is 0 Å². The standard InChI is InChI=1S/C24H22N4O5/c1-16-6-8-17(9-7-16)22(29)20-21(18-4-2-5-19(14-18)28(32)33)27(24(31)23(20)30)12-3-11-26-13-10-25-15-26/h2,4-10,13-15,21,29H,3,11-12H2,1H3. The zero-order valence-corrected chi connectivity index (χ0v) is 17.9. The number of benzene rings is 2. The molecule has 1 aliphatic rings. The molecule has 3 aromatic rings. The van der Waals surface area contributed by atoms with Crippen molar-refractivity contribution in [2.45, 2.75) is 25.9 Å². The number of hydrogen-bond donors (Lipinski definition) is 1. The fourth-order valence-corrected chi connectivity index (χ4v) is 3.98. The molecule has 1 aromatic heterocycles. The molecule has 2 heterocycles. The van der Waals surface area contributed by atoms with Crippen LogP contribution in [0.15, 0.2) is 72.8 Å². The van der Waals surface area contributed by atoms with Crippen LogP contribution in [0.2, 0.25) is 0 Å². The van der Waals surface area contributed by atoms with E-state index in [1.165, 1.54) is 23.1 Å². The summed E-state index contributed by atoms with van der Waals surface area (Å²) in [6.07, 6.45) is 5.63. The van der Waals surface area contributed by atoms with Crippen molar-refractivity contribution < 1.29 is 19.6 Å². The summed E-state index contributed by atoms with van der Waals surface area (Å²) in [6.45, 7) is 2.69. The van der Waals surface area contributed by atoms with E-state index in [0.717, 1.165) is 5.56 Å². The molecule has 0 bridgehead atoms. The Balaban J connectivity index is 1.76. The maximum Gasteiger partial charge on any atom is 0.295 e. The Hall–Kier alpha value is -4.27. The summed E-state index contributed by atoms with van der Waals surface area (Å²) in [5.74, 6) is -1.86. The number of aliphatic hydroxyl groups is 1. The molecule has 9 heteroatoms. The summed E-state index contributed by atoms with van der Waals surface area (Å²) < 4.78 is 1.85. The third-order valence-corrected chi connectivity index (χ3v) is 5.64. The molecule has 9 nitrogen and oxygen atoms in total. The van der Waals surface area contributed by atoms with Crippen molar-refractivity contribution in [2.75, 3.05) is 6.54 Å². The Bertz CT molecular complexity index is 1230. The summed E-state index contributed by atoms with van der Waals surface area (Å²) in [5, 5.41) is 22.4. The quantitative estimate of drug-likeness (QED) is 0.195. The number of hydrogen-bond acceptors (Lipinski definition) is 6. The zero-order valence-electron chi connectivity index (χ0n) is 17.9. The number of nitro benzene ring substituents is 1. The largest absolute Gasteiger partial charge is 0.507 e. The molecule has 1 aliphatic heterocycles. The molecule has 0 aliphatic carbocycles. The highest BCUT2D eigenvalue weighted by Crippen LogP contribution is 2.40. The van der Waals surface area contributed by atoms with E-state index in [1.807, 2.05) is 11.5 Å². The lowest BCUT2D eigenvalue weighted by Crippen LogP contribution is -2.31. The molecule has 0 radical (unpaired) electrons. The molecule has 0 saturated carbocycles. The molecule has 4 rings (SSSR count). The highest BCUT2D eigenvalue weighted by atomic mass is 16.6. The van der Waals surface area contributed by atoms with Crippen LogP contribution in [0.5, 0.6) is 0 Å². The van der Waals surface area contributed by atoms with Crippen LogP contribution in [-0.4, -0.2) is 42.7 Å². The molecule has 1 atom stereocenters. The Labute approximate surface area is 189 Å². The minimum absolute atomic E-state index is 0.0769. The number of rotatable bonds is 7. The number of Topliss-reactive ketones (excluding diaryl/α,β-unsaturated/α-hetero) is 1. The fourth-order valence-electron chi connectivity index (χ4n) is 3.98. The third-order valence-electron chi connectivity index (χ3n) is 5.64. The fraction of sp³-hybridized carbons (Fsp3) is 0.208. The van der Waals surface area contributed by atoms with Crippen molar-refractivity contribution in [3.05, 3.63) is 99.6 Å². The number of imidazole rings is 1. The molecular formula is C24H22N4O5. The van der Waals surface area contributed by atoms with Crippen molar-refractivity contribution in [3.63, 3.8) is 0 Å². The van der Waals surface area contributed by atoms with Gasteiger partial charge in [0.1, 0.15) is 5.76 Å². The smallest absolute Gasteiger partial charge is 0.295 e. The van der Waals surface area contributed by atoms with Gasteiger partial charge in [0, 0.05) is 43.2 Å². The lowest BCUT2D eigenvalue weighted by molar-refractivity contribution is -0.384. The van der Waals surface area contributed by atoms with Gasteiger partial charge in [-0.15, -0.1) is 0 Å². The van der Waals surface area contributed by atoms with E-state index in [2.05, 4.69) is 4.98 Å². The Kier molecular flexibility index (Phi) is 6.03. The second kappa shape index (κ2) is 9.07. The number of aliphatic hydroxyl groups excluding tert-OH is 1. The maximum absolute atomic E-state index is 13.0. The van der Waals surface area contributed by atoms with Crippen LogP contribution in [-0.2, 0) is 16.1 Å². The van der Waals surface area contributed by atoms with E-state index in [9.17, 15) is 24.8 Å².